The number of benzene rings is 1. The molecule has 3 heterocycles. The van der Waals surface area contributed by atoms with Gasteiger partial charge in [0.15, 0.2) is 5.78 Å². The third-order valence-corrected chi connectivity index (χ3v) is 6.34. The summed E-state index contributed by atoms with van der Waals surface area (Å²) in [6, 6.07) is 6.32. The Hall–Kier alpha value is -3.49. The van der Waals surface area contributed by atoms with Gasteiger partial charge < -0.3 is 16.0 Å². The molecule has 9 heteroatoms. The van der Waals surface area contributed by atoms with Gasteiger partial charge >= 0.3 is 0 Å². The molecule has 1 aromatic carbocycles. The molecule has 31 heavy (non-hydrogen) atoms. The third-order valence-electron chi connectivity index (χ3n) is 6.34. The second-order valence-electron chi connectivity index (χ2n) is 8.29. The summed E-state index contributed by atoms with van der Waals surface area (Å²) >= 11 is 0. The fourth-order valence-corrected chi connectivity index (χ4v) is 4.83. The maximum absolute atomic E-state index is 12.9. The molecule has 1 aliphatic carbocycles. The van der Waals surface area contributed by atoms with Crippen LogP contribution in [0.25, 0.3) is 0 Å². The molecule has 1 atom stereocenters. The van der Waals surface area contributed by atoms with E-state index in [9.17, 15) is 14.9 Å². The van der Waals surface area contributed by atoms with E-state index in [0.29, 0.717) is 35.1 Å². The SMILES string of the molecule is Nc1nc(N2CCCCC2)nc2c1[C@@H](c1ccc([N+](=O)[O-])cc1)C1=C(CCCC1=O)N2. The molecule has 0 unspecified atom stereocenters. The second kappa shape index (κ2) is 7.64. The van der Waals surface area contributed by atoms with Crippen molar-refractivity contribution in [3.63, 3.8) is 0 Å². The molecule has 2 aliphatic heterocycles. The Labute approximate surface area is 179 Å². The van der Waals surface area contributed by atoms with Crippen molar-refractivity contribution in [2.24, 2.45) is 0 Å². The zero-order valence-corrected chi connectivity index (χ0v) is 17.1. The summed E-state index contributed by atoms with van der Waals surface area (Å²) in [4.78, 5) is 35.2. The van der Waals surface area contributed by atoms with Crippen molar-refractivity contribution in [2.45, 2.75) is 44.4 Å². The highest BCUT2D eigenvalue weighted by Crippen LogP contribution is 2.47. The lowest BCUT2D eigenvalue weighted by molar-refractivity contribution is -0.384. The number of rotatable bonds is 3. The fraction of sp³-hybridized carbons (Fsp3) is 0.409. The van der Waals surface area contributed by atoms with Crippen LogP contribution in [-0.4, -0.2) is 33.8 Å². The number of aromatic nitrogens is 2. The van der Waals surface area contributed by atoms with Crippen LogP contribution in [0.15, 0.2) is 35.5 Å². The zero-order chi connectivity index (χ0) is 21.5. The number of ketones is 1. The number of nitrogens with two attached hydrogens (primary N) is 1. The number of non-ortho nitro benzene ring substituents is 1. The molecule has 0 spiro atoms. The average molecular weight is 420 g/mol. The predicted molar refractivity (Wildman–Crippen MR) is 117 cm³/mol. The van der Waals surface area contributed by atoms with Crippen LogP contribution >= 0.6 is 0 Å². The number of carbonyl (C=O) groups excluding carboxylic acids is 1. The van der Waals surface area contributed by atoms with Gasteiger partial charge in [-0.3, -0.25) is 14.9 Å². The summed E-state index contributed by atoms with van der Waals surface area (Å²) in [5.74, 6) is 1.21. The van der Waals surface area contributed by atoms with Crippen molar-refractivity contribution in [1.82, 2.24) is 9.97 Å². The first-order valence-electron chi connectivity index (χ1n) is 10.7. The first-order valence-corrected chi connectivity index (χ1v) is 10.7. The monoisotopic (exact) mass is 420 g/mol. The van der Waals surface area contributed by atoms with Crippen LogP contribution in [0.5, 0.6) is 0 Å². The van der Waals surface area contributed by atoms with E-state index >= 15 is 0 Å². The fourth-order valence-electron chi connectivity index (χ4n) is 4.83. The van der Waals surface area contributed by atoms with Crippen LogP contribution in [-0.2, 0) is 4.79 Å². The number of hydrogen-bond acceptors (Lipinski definition) is 8. The van der Waals surface area contributed by atoms with Crippen molar-refractivity contribution >= 4 is 29.1 Å². The normalized spacial score (nSPS) is 20.7. The lowest BCUT2D eigenvalue weighted by atomic mass is 9.76. The van der Waals surface area contributed by atoms with Crippen LogP contribution in [0.3, 0.4) is 0 Å². The Bertz CT molecular complexity index is 1090. The number of nitrogens with zero attached hydrogens (tertiary/aromatic N) is 4. The number of fused-ring (bicyclic) bond motifs is 1. The number of nitro groups is 1. The third kappa shape index (κ3) is 3.39. The number of nitro benzene ring substituents is 1. The molecule has 3 N–H and O–H groups in total. The van der Waals surface area contributed by atoms with Gasteiger partial charge in [-0.15, -0.1) is 0 Å². The second-order valence-corrected chi connectivity index (χ2v) is 8.29. The zero-order valence-electron chi connectivity index (χ0n) is 17.1. The Balaban J connectivity index is 1.64. The lowest BCUT2D eigenvalue weighted by Crippen LogP contribution is -2.33. The van der Waals surface area contributed by atoms with Gasteiger partial charge in [0.1, 0.15) is 11.6 Å². The molecule has 0 saturated carbocycles. The molecular formula is C22H24N6O3. The Kier molecular flexibility index (Phi) is 4.80. The summed E-state index contributed by atoms with van der Waals surface area (Å²) in [5, 5.41) is 14.5. The minimum atomic E-state index is -0.435. The smallest absolute Gasteiger partial charge is 0.269 e. The molecule has 3 aliphatic rings. The summed E-state index contributed by atoms with van der Waals surface area (Å²) in [6.07, 6.45) is 5.42. The molecule has 0 bridgehead atoms. The molecule has 160 valence electrons. The van der Waals surface area contributed by atoms with E-state index < -0.39 is 10.8 Å². The van der Waals surface area contributed by atoms with Gasteiger partial charge in [-0.2, -0.15) is 9.97 Å². The first-order chi connectivity index (χ1) is 15.0. The number of piperidine rings is 1. The van der Waals surface area contributed by atoms with E-state index in [1.807, 2.05) is 0 Å². The number of anilines is 3. The van der Waals surface area contributed by atoms with E-state index in [0.717, 1.165) is 50.0 Å². The van der Waals surface area contributed by atoms with E-state index in [4.69, 9.17) is 10.7 Å². The summed E-state index contributed by atoms with van der Waals surface area (Å²) in [6.45, 7) is 1.80. The minimum Gasteiger partial charge on any atom is -0.383 e. The van der Waals surface area contributed by atoms with Crippen LogP contribution < -0.4 is 16.0 Å². The van der Waals surface area contributed by atoms with E-state index in [-0.39, 0.29) is 11.5 Å². The average Bonchev–Trinajstić information content (AvgIpc) is 2.78. The topological polar surface area (TPSA) is 127 Å². The maximum atomic E-state index is 12.9. The molecule has 2 aromatic rings. The molecular weight excluding hydrogens is 396 g/mol. The van der Waals surface area contributed by atoms with Crippen LogP contribution in [0.1, 0.15) is 55.6 Å². The summed E-state index contributed by atoms with van der Waals surface area (Å²) in [5.41, 5.74) is 9.46. The molecule has 1 aromatic heterocycles. The number of allylic oxidation sites excluding steroid dienone is 2. The molecule has 1 fully saturated rings. The highest BCUT2D eigenvalue weighted by Gasteiger charge is 2.38. The molecule has 0 radical (unpaired) electrons. The number of hydrogen-bond donors (Lipinski definition) is 2. The highest BCUT2D eigenvalue weighted by molar-refractivity contribution is 6.01. The van der Waals surface area contributed by atoms with Gasteiger partial charge in [0.2, 0.25) is 5.95 Å². The van der Waals surface area contributed by atoms with Crippen molar-refractivity contribution in [2.75, 3.05) is 29.0 Å². The number of carbonyl (C=O) groups is 1. The standard InChI is InChI=1S/C22H24N6O3/c23-20-19-17(13-7-9-14(10-8-13)28(30)31)18-15(5-4-6-16(18)29)24-21(19)26-22(25-20)27-11-2-1-3-12-27/h7-10,17H,1-6,11-12H2,(H3,23,24,25,26)/t17-/m0/s1. The summed E-state index contributed by atoms with van der Waals surface area (Å²) < 4.78 is 0. The van der Waals surface area contributed by atoms with Crippen LogP contribution in [0.2, 0.25) is 0 Å². The maximum Gasteiger partial charge on any atom is 0.269 e. The van der Waals surface area contributed by atoms with Crippen LogP contribution in [0.4, 0.5) is 23.3 Å². The quantitative estimate of drug-likeness (QED) is 0.570. The van der Waals surface area contributed by atoms with Gasteiger partial charge in [0, 0.05) is 54.4 Å². The highest BCUT2D eigenvalue weighted by atomic mass is 16.6. The van der Waals surface area contributed by atoms with Gasteiger partial charge in [0.25, 0.3) is 5.69 Å². The lowest BCUT2D eigenvalue weighted by Gasteiger charge is -2.35. The van der Waals surface area contributed by atoms with Gasteiger partial charge in [-0.1, -0.05) is 12.1 Å². The first kappa shape index (κ1) is 19.5. The Morgan fingerprint density at radius 1 is 1.06 bits per heavy atom. The summed E-state index contributed by atoms with van der Waals surface area (Å²) in [7, 11) is 0. The number of Topliss-reactive ketones (excluding diaryl/α,β-unsaturated/α-hetero) is 1. The number of nitrogen functional groups attached to an aromatic ring is 1. The van der Waals surface area contributed by atoms with Crippen molar-refractivity contribution < 1.29 is 9.72 Å². The van der Waals surface area contributed by atoms with Crippen molar-refractivity contribution in [3.05, 3.63) is 56.8 Å². The van der Waals surface area contributed by atoms with Gasteiger partial charge in [-0.25, -0.2) is 0 Å². The van der Waals surface area contributed by atoms with Crippen molar-refractivity contribution in [3.8, 4) is 0 Å². The molecule has 5 rings (SSSR count). The molecule has 0 amide bonds. The van der Waals surface area contributed by atoms with E-state index in [2.05, 4.69) is 15.2 Å². The largest absolute Gasteiger partial charge is 0.383 e. The Morgan fingerprint density at radius 2 is 1.81 bits per heavy atom. The predicted octanol–water partition coefficient (Wildman–Crippen LogP) is 3.52. The minimum absolute atomic E-state index is 0.00625. The van der Waals surface area contributed by atoms with E-state index in [1.54, 1.807) is 12.1 Å². The van der Waals surface area contributed by atoms with Gasteiger partial charge in [0.05, 0.1) is 4.92 Å². The molecule has 1 saturated heterocycles. The molecule has 9 nitrogen and oxygen atoms in total. The van der Waals surface area contributed by atoms with Crippen molar-refractivity contribution in [1.29, 1.82) is 0 Å². The van der Waals surface area contributed by atoms with Crippen LogP contribution in [0, 0.1) is 10.1 Å². The Morgan fingerprint density at radius 3 is 2.52 bits per heavy atom. The van der Waals surface area contributed by atoms with E-state index in [1.165, 1.54) is 18.6 Å². The van der Waals surface area contributed by atoms with Gasteiger partial charge in [-0.05, 0) is 37.7 Å². The number of nitrogens with one attached hydrogen (secondary N) is 1.